The van der Waals surface area contributed by atoms with E-state index in [-0.39, 0.29) is 0 Å². The van der Waals surface area contributed by atoms with Crippen molar-refractivity contribution in [2.75, 3.05) is 6.54 Å². The Morgan fingerprint density at radius 1 is 1.23 bits per heavy atom. The minimum Gasteiger partial charge on any atom is -0.296 e. The van der Waals surface area contributed by atoms with Crippen molar-refractivity contribution < 1.29 is 0 Å². The first kappa shape index (κ1) is 17.6. The maximum Gasteiger partial charge on any atom is 0.199 e. The summed E-state index contributed by atoms with van der Waals surface area (Å²) in [6.07, 6.45) is 13.6. The molecule has 2 fully saturated rings. The monoisotopic (exact) mass is 369 g/mol. The zero-order valence-electron chi connectivity index (χ0n) is 15.3. The highest BCUT2D eigenvalue weighted by Crippen LogP contribution is 2.35. The quantitative estimate of drug-likeness (QED) is 0.583. The molecular formula is C20H27N5S. The van der Waals surface area contributed by atoms with Gasteiger partial charge in [-0.15, -0.1) is 6.58 Å². The predicted molar refractivity (Wildman–Crippen MR) is 106 cm³/mol. The Kier molecular flexibility index (Phi) is 5.31. The number of allylic oxidation sites excluding steroid dienone is 1. The fourth-order valence-electron chi connectivity index (χ4n) is 4.61. The van der Waals surface area contributed by atoms with Crippen LogP contribution in [0, 0.1) is 10.7 Å². The van der Waals surface area contributed by atoms with Crippen LogP contribution in [0.4, 0.5) is 0 Å². The van der Waals surface area contributed by atoms with Crippen molar-refractivity contribution in [2.45, 2.75) is 57.8 Å². The second kappa shape index (κ2) is 7.84. The maximum absolute atomic E-state index is 5.76. The van der Waals surface area contributed by atoms with E-state index >= 15 is 0 Å². The van der Waals surface area contributed by atoms with E-state index in [0.717, 1.165) is 35.3 Å². The van der Waals surface area contributed by atoms with Gasteiger partial charge in [0.2, 0.25) is 0 Å². The Morgan fingerprint density at radius 3 is 2.88 bits per heavy atom. The largest absolute Gasteiger partial charge is 0.296 e. The third kappa shape index (κ3) is 3.40. The predicted octanol–water partition coefficient (Wildman–Crippen LogP) is 4.27. The molecule has 0 bridgehead atoms. The summed E-state index contributed by atoms with van der Waals surface area (Å²) in [6, 6.07) is 4.67. The van der Waals surface area contributed by atoms with Gasteiger partial charge in [-0.3, -0.25) is 14.5 Å². The third-order valence-electron chi connectivity index (χ3n) is 5.83. The van der Waals surface area contributed by atoms with Gasteiger partial charge in [0.25, 0.3) is 0 Å². The van der Waals surface area contributed by atoms with E-state index in [4.69, 9.17) is 17.3 Å². The second-order valence-electron chi connectivity index (χ2n) is 7.45. The van der Waals surface area contributed by atoms with Crippen LogP contribution >= 0.6 is 12.2 Å². The van der Waals surface area contributed by atoms with Gasteiger partial charge in [-0.2, -0.15) is 5.10 Å². The minimum absolute atomic E-state index is 0.662. The van der Waals surface area contributed by atoms with Crippen LogP contribution in [0.15, 0.2) is 37.2 Å². The topological polar surface area (TPSA) is 38.9 Å². The first-order valence-corrected chi connectivity index (χ1v) is 10.1. The third-order valence-corrected chi connectivity index (χ3v) is 6.26. The van der Waals surface area contributed by atoms with E-state index in [1.165, 1.54) is 38.5 Å². The Morgan fingerprint density at radius 2 is 2.08 bits per heavy atom. The van der Waals surface area contributed by atoms with E-state index in [1.807, 2.05) is 29.1 Å². The molecule has 1 aliphatic carbocycles. The first-order chi connectivity index (χ1) is 12.8. The average molecular weight is 370 g/mol. The molecule has 2 aliphatic rings. The summed E-state index contributed by atoms with van der Waals surface area (Å²) in [5.41, 5.74) is 0.994. The summed E-state index contributed by atoms with van der Waals surface area (Å²) in [5.74, 6) is 1.74. The normalized spacial score (nSPS) is 23.5. The van der Waals surface area contributed by atoms with Gasteiger partial charge in [-0.05, 0) is 56.0 Å². The molecule has 0 N–H and O–H groups in total. The van der Waals surface area contributed by atoms with Gasteiger partial charge in [-0.25, -0.2) is 4.68 Å². The van der Waals surface area contributed by atoms with E-state index in [0.29, 0.717) is 12.6 Å². The van der Waals surface area contributed by atoms with Gasteiger partial charge < -0.3 is 0 Å². The molecule has 1 aliphatic heterocycles. The Labute approximate surface area is 160 Å². The fraction of sp³-hybridized carbons (Fsp3) is 0.550. The van der Waals surface area contributed by atoms with E-state index in [1.54, 1.807) is 6.20 Å². The van der Waals surface area contributed by atoms with Crippen LogP contribution in [0.1, 0.15) is 38.5 Å². The number of pyridine rings is 1. The maximum atomic E-state index is 5.76. The number of nitrogens with zero attached hydrogens (tertiary/aromatic N) is 5. The lowest BCUT2D eigenvalue weighted by Gasteiger charge is -2.43. The zero-order chi connectivity index (χ0) is 17.9. The van der Waals surface area contributed by atoms with Crippen molar-refractivity contribution in [2.24, 2.45) is 5.92 Å². The number of aromatic nitrogens is 4. The fourth-order valence-corrected chi connectivity index (χ4v) is 4.87. The van der Waals surface area contributed by atoms with Crippen molar-refractivity contribution >= 4 is 12.2 Å². The minimum atomic E-state index is 0.662. The molecule has 2 atom stereocenters. The van der Waals surface area contributed by atoms with Crippen LogP contribution in [-0.4, -0.2) is 36.8 Å². The molecule has 0 spiro atoms. The van der Waals surface area contributed by atoms with E-state index < -0.39 is 0 Å². The number of hydrogen-bond acceptors (Lipinski definition) is 4. The highest BCUT2D eigenvalue weighted by molar-refractivity contribution is 7.71. The standard InChI is InChI=1S/C20H27N5S/c1-2-12-24-19(17-8-5-11-21-14-17)22-25(20(24)26)15-23-13-6-9-16-7-3-4-10-18(16)23/h2,5,8,11,14,16,18H,1,3-4,6-7,9-10,12-13,15H2/t16-,18+/m1/s1. The van der Waals surface area contributed by atoms with Crippen LogP contribution in [0.3, 0.4) is 0 Å². The summed E-state index contributed by atoms with van der Waals surface area (Å²) in [5, 5.41) is 4.88. The highest BCUT2D eigenvalue weighted by Gasteiger charge is 2.33. The molecule has 0 radical (unpaired) electrons. The van der Waals surface area contributed by atoms with Crippen molar-refractivity contribution in [1.29, 1.82) is 0 Å². The number of hydrogen-bond donors (Lipinski definition) is 0. The van der Waals surface area contributed by atoms with E-state index in [2.05, 4.69) is 21.0 Å². The van der Waals surface area contributed by atoms with Gasteiger partial charge in [0, 0.05) is 37.1 Å². The second-order valence-corrected chi connectivity index (χ2v) is 7.82. The van der Waals surface area contributed by atoms with Gasteiger partial charge >= 0.3 is 0 Å². The molecule has 1 saturated carbocycles. The van der Waals surface area contributed by atoms with Gasteiger partial charge in [0.05, 0.1) is 6.67 Å². The molecule has 138 valence electrons. The summed E-state index contributed by atoms with van der Waals surface area (Å²) < 4.78 is 4.82. The van der Waals surface area contributed by atoms with Gasteiger partial charge in [0.15, 0.2) is 10.6 Å². The molecule has 0 aromatic carbocycles. The Bertz CT molecular complexity index is 807. The molecule has 3 heterocycles. The van der Waals surface area contributed by atoms with Crippen LogP contribution in [-0.2, 0) is 13.2 Å². The van der Waals surface area contributed by atoms with Gasteiger partial charge in [-0.1, -0.05) is 18.9 Å². The molecule has 2 aromatic rings. The van der Waals surface area contributed by atoms with Crippen molar-refractivity contribution in [3.8, 4) is 11.4 Å². The van der Waals surface area contributed by atoms with Crippen molar-refractivity contribution in [1.82, 2.24) is 24.2 Å². The van der Waals surface area contributed by atoms with Gasteiger partial charge in [0.1, 0.15) is 0 Å². The highest BCUT2D eigenvalue weighted by atomic mass is 32.1. The summed E-state index contributed by atoms with van der Waals surface area (Å²) in [4.78, 5) is 6.85. The number of fused-ring (bicyclic) bond motifs is 1. The summed E-state index contributed by atoms with van der Waals surface area (Å²) in [7, 11) is 0. The summed E-state index contributed by atoms with van der Waals surface area (Å²) in [6.45, 7) is 6.48. The molecule has 1 saturated heterocycles. The number of piperidine rings is 1. The molecule has 2 aromatic heterocycles. The molecule has 4 rings (SSSR count). The Balaban J connectivity index is 1.64. The van der Waals surface area contributed by atoms with Crippen molar-refractivity contribution in [3.63, 3.8) is 0 Å². The van der Waals surface area contributed by atoms with Crippen LogP contribution < -0.4 is 0 Å². The Hall–Kier alpha value is -1.79. The lowest BCUT2D eigenvalue weighted by Crippen LogP contribution is -2.47. The SMILES string of the molecule is C=CCn1c(-c2cccnc2)nn(CN2CCC[C@H]3CCCC[C@@H]32)c1=S. The molecule has 26 heavy (non-hydrogen) atoms. The number of rotatable bonds is 5. The van der Waals surface area contributed by atoms with Crippen molar-refractivity contribution in [3.05, 3.63) is 42.0 Å². The zero-order valence-corrected chi connectivity index (χ0v) is 16.1. The molecule has 5 nitrogen and oxygen atoms in total. The van der Waals surface area contributed by atoms with Crippen LogP contribution in [0.2, 0.25) is 0 Å². The molecule has 6 heteroatoms. The number of likely N-dealkylation sites (tertiary alicyclic amines) is 1. The van der Waals surface area contributed by atoms with E-state index in [9.17, 15) is 0 Å². The molecular weight excluding hydrogens is 342 g/mol. The lowest BCUT2D eigenvalue weighted by atomic mass is 9.78. The smallest absolute Gasteiger partial charge is 0.199 e. The van der Waals surface area contributed by atoms with Crippen LogP contribution in [0.25, 0.3) is 11.4 Å². The van der Waals surface area contributed by atoms with Crippen LogP contribution in [0.5, 0.6) is 0 Å². The molecule has 0 amide bonds. The first-order valence-electron chi connectivity index (χ1n) is 9.71. The average Bonchev–Trinajstić information content (AvgIpc) is 2.99. The summed E-state index contributed by atoms with van der Waals surface area (Å²) >= 11 is 5.76. The molecule has 0 unspecified atom stereocenters. The lowest BCUT2D eigenvalue weighted by molar-refractivity contribution is 0.0323.